The van der Waals surface area contributed by atoms with E-state index in [1.54, 1.807) is 30.0 Å². The predicted octanol–water partition coefficient (Wildman–Crippen LogP) is 2.69. The molecule has 0 heterocycles. The summed E-state index contributed by atoms with van der Waals surface area (Å²) in [7, 11) is 4.10. The molecule has 0 aliphatic carbocycles. The molecule has 2 aromatic carbocycles. The summed E-state index contributed by atoms with van der Waals surface area (Å²) in [5.41, 5.74) is 6.66. The molecular weight excluding hydrogens is 322 g/mol. The zero-order valence-electron chi connectivity index (χ0n) is 13.8. The first-order chi connectivity index (χ1) is 11.5. The lowest BCUT2D eigenvalue weighted by Crippen LogP contribution is -2.15. The Balaban J connectivity index is 1.97. The van der Waals surface area contributed by atoms with Gasteiger partial charge < -0.3 is 16.0 Å². The molecule has 2 amide bonds. The van der Waals surface area contributed by atoms with Gasteiger partial charge in [0.25, 0.3) is 5.91 Å². The highest BCUT2D eigenvalue weighted by Crippen LogP contribution is 2.20. The Kier molecular flexibility index (Phi) is 6.40. The lowest BCUT2D eigenvalue weighted by Gasteiger charge is -2.09. The van der Waals surface area contributed by atoms with Gasteiger partial charge in [0, 0.05) is 34.0 Å². The van der Waals surface area contributed by atoms with Crippen molar-refractivity contribution in [3.63, 3.8) is 0 Å². The molecule has 0 aliphatic rings. The number of nitrogens with zero attached hydrogens (tertiary/aromatic N) is 1. The van der Waals surface area contributed by atoms with E-state index in [1.807, 2.05) is 38.4 Å². The second kappa shape index (κ2) is 8.52. The van der Waals surface area contributed by atoms with Gasteiger partial charge in [0.1, 0.15) is 0 Å². The molecule has 0 radical (unpaired) electrons. The maximum absolute atomic E-state index is 12.2. The number of carbonyl (C=O) groups is 2. The van der Waals surface area contributed by atoms with Crippen molar-refractivity contribution in [1.29, 1.82) is 0 Å². The van der Waals surface area contributed by atoms with Crippen LogP contribution in [0.3, 0.4) is 0 Å². The van der Waals surface area contributed by atoms with E-state index in [9.17, 15) is 9.59 Å². The second-order valence-electron chi connectivity index (χ2n) is 5.58. The lowest BCUT2D eigenvalue weighted by molar-refractivity contribution is 0.1000. The summed E-state index contributed by atoms with van der Waals surface area (Å²) in [5.74, 6) is 0.188. The number of amides is 2. The third-order valence-electron chi connectivity index (χ3n) is 3.33. The van der Waals surface area contributed by atoms with Crippen molar-refractivity contribution in [3.05, 3.63) is 59.7 Å². The number of anilines is 1. The molecule has 0 aromatic heterocycles. The fourth-order valence-electron chi connectivity index (χ4n) is 2.00. The van der Waals surface area contributed by atoms with E-state index in [0.29, 0.717) is 16.8 Å². The summed E-state index contributed by atoms with van der Waals surface area (Å²) in [4.78, 5) is 26.7. The molecule has 2 rings (SSSR count). The summed E-state index contributed by atoms with van der Waals surface area (Å²) in [6.45, 7) is 1.01. The van der Waals surface area contributed by atoms with E-state index in [0.717, 1.165) is 17.2 Å². The zero-order valence-corrected chi connectivity index (χ0v) is 14.6. The van der Waals surface area contributed by atoms with E-state index < -0.39 is 5.91 Å². The number of hydrogen-bond acceptors (Lipinski definition) is 4. The highest BCUT2D eigenvalue weighted by Gasteiger charge is 2.09. The average molecular weight is 343 g/mol. The van der Waals surface area contributed by atoms with E-state index in [-0.39, 0.29) is 5.91 Å². The predicted molar refractivity (Wildman–Crippen MR) is 98.6 cm³/mol. The van der Waals surface area contributed by atoms with E-state index in [1.165, 1.54) is 6.07 Å². The van der Waals surface area contributed by atoms with Crippen LogP contribution >= 0.6 is 11.8 Å². The number of primary amides is 1. The Hall–Kier alpha value is -2.31. The fourth-order valence-corrected chi connectivity index (χ4v) is 3.02. The first-order valence-corrected chi connectivity index (χ1v) is 8.53. The summed E-state index contributed by atoms with van der Waals surface area (Å²) in [6, 6.07) is 14.1. The molecule has 0 unspecified atom stereocenters. The molecule has 0 fully saturated rings. The van der Waals surface area contributed by atoms with Crippen LogP contribution in [0, 0.1) is 0 Å². The first-order valence-electron chi connectivity index (χ1n) is 7.54. The molecule has 0 saturated carbocycles. The molecule has 0 saturated heterocycles. The van der Waals surface area contributed by atoms with Crippen molar-refractivity contribution in [3.8, 4) is 0 Å². The van der Waals surface area contributed by atoms with Crippen molar-refractivity contribution in [2.45, 2.75) is 4.90 Å². The van der Waals surface area contributed by atoms with Crippen molar-refractivity contribution >= 4 is 29.3 Å². The van der Waals surface area contributed by atoms with Crippen molar-refractivity contribution in [2.24, 2.45) is 5.73 Å². The van der Waals surface area contributed by atoms with Gasteiger partial charge in [0.05, 0.1) is 0 Å². The maximum Gasteiger partial charge on any atom is 0.255 e. The largest absolute Gasteiger partial charge is 0.366 e. The summed E-state index contributed by atoms with van der Waals surface area (Å²) in [6.07, 6.45) is 0. The molecule has 0 atom stereocenters. The van der Waals surface area contributed by atoms with E-state index >= 15 is 0 Å². The SMILES string of the molecule is CN(C)CCSc1ccc(NC(=O)c2cccc(C(N)=O)c2)cc1. The molecule has 0 spiro atoms. The second-order valence-corrected chi connectivity index (χ2v) is 6.74. The highest BCUT2D eigenvalue weighted by atomic mass is 32.2. The Morgan fingerprint density at radius 1 is 1.08 bits per heavy atom. The number of benzene rings is 2. The Morgan fingerprint density at radius 2 is 1.75 bits per heavy atom. The molecule has 0 bridgehead atoms. The van der Waals surface area contributed by atoms with Crippen LogP contribution in [-0.2, 0) is 0 Å². The molecule has 0 aliphatic heterocycles. The third-order valence-corrected chi connectivity index (χ3v) is 4.32. The summed E-state index contributed by atoms with van der Waals surface area (Å²) >= 11 is 1.77. The van der Waals surface area contributed by atoms with E-state index in [4.69, 9.17) is 5.73 Å². The monoisotopic (exact) mass is 343 g/mol. The van der Waals surface area contributed by atoms with Gasteiger partial charge in [0.2, 0.25) is 5.91 Å². The third kappa shape index (κ3) is 5.40. The van der Waals surface area contributed by atoms with Crippen LogP contribution in [0.15, 0.2) is 53.4 Å². The quantitative estimate of drug-likeness (QED) is 0.758. The van der Waals surface area contributed by atoms with Gasteiger partial charge in [-0.25, -0.2) is 0 Å². The minimum Gasteiger partial charge on any atom is -0.366 e. The van der Waals surface area contributed by atoms with Crippen LogP contribution < -0.4 is 11.1 Å². The molecule has 126 valence electrons. The molecular formula is C18H21N3O2S. The van der Waals surface area contributed by atoms with Crippen LogP contribution in [0.1, 0.15) is 20.7 Å². The molecule has 2 aromatic rings. The Labute approximate surface area is 146 Å². The number of rotatable bonds is 7. The van der Waals surface area contributed by atoms with Crippen LogP contribution in [0.2, 0.25) is 0 Å². The standard InChI is InChI=1S/C18H21N3O2S/c1-21(2)10-11-24-16-8-6-15(7-9-16)20-18(23)14-5-3-4-13(12-14)17(19)22/h3-9,12H,10-11H2,1-2H3,(H2,19,22)(H,20,23). The number of nitrogens with two attached hydrogens (primary N) is 1. The topological polar surface area (TPSA) is 75.4 Å². The van der Waals surface area contributed by atoms with Gasteiger partial charge in [-0.1, -0.05) is 6.07 Å². The minimum atomic E-state index is -0.552. The van der Waals surface area contributed by atoms with Gasteiger partial charge in [-0.3, -0.25) is 9.59 Å². The summed E-state index contributed by atoms with van der Waals surface area (Å²) < 4.78 is 0. The first kappa shape index (κ1) is 18.0. The molecule has 6 heteroatoms. The summed E-state index contributed by atoms with van der Waals surface area (Å²) in [5, 5.41) is 2.82. The van der Waals surface area contributed by atoms with Gasteiger partial charge in [-0.05, 0) is 56.6 Å². The van der Waals surface area contributed by atoms with Crippen molar-refractivity contribution < 1.29 is 9.59 Å². The number of hydrogen-bond donors (Lipinski definition) is 2. The number of thioether (sulfide) groups is 1. The van der Waals surface area contributed by atoms with Crippen LogP contribution in [0.4, 0.5) is 5.69 Å². The van der Waals surface area contributed by atoms with Gasteiger partial charge in [-0.15, -0.1) is 11.8 Å². The van der Waals surface area contributed by atoms with Gasteiger partial charge in [0.15, 0.2) is 0 Å². The van der Waals surface area contributed by atoms with Crippen LogP contribution in [-0.4, -0.2) is 43.1 Å². The smallest absolute Gasteiger partial charge is 0.255 e. The number of carbonyl (C=O) groups excluding carboxylic acids is 2. The van der Waals surface area contributed by atoms with Crippen LogP contribution in [0.5, 0.6) is 0 Å². The number of nitrogens with one attached hydrogen (secondary N) is 1. The van der Waals surface area contributed by atoms with E-state index in [2.05, 4.69) is 10.2 Å². The van der Waals surface area contributed by atoms with Crippen molar-refractivity contribution in [2.75, 3.05) is 31.7 Å². The van der Waals surface area contributed by atoms with Gasteiger partial charge in [-0.2, -0.15) is 0 Å². The van der Waals surface area contributed by atoms with Gasteiger partial charge >= 0.3 is 0 Å². The lowest BCUT2D eigenvalue weighted by atomic mass is 10.1. The Morgan fingerprint density at radius 3 is 2.38 bits per heavy atom. The average Bonchev–Trinajstić information content (AvgIpc) is 2.56. The maximum atomic E-state index is 12.2. The molecule has 24 heavy (non-hydrogen) atoms. The zero-order chi connectivity index (χ0) is 17.5. The van der Waals surface area contributed by atoms with Crippen LogP contribution in [0.25, 0.3) is 0 Å². The van der Waals surface area contributed by atoms with Crippen molar-refractivity contribution in [1.82, 2.24) is 4.90 Å². The Bertz CT molecular complexity index is 714. The fraction of sp³-hybridized carbons (Fsp3) is 0.222. The molecule has 3 N–H and O–H groups in total. The normalized spacial score (nSPS) is 10.6. The molecule has 5 nitrogen and oxygen atoms in total. The minimum absolute atomic E-state index is 0.272. The highest BCUT2D eigenvalue weighted by molar-refractivity contribution is 7.99.